The molecule has 1 heterocycles. The van der Waals surface area contributed by atoms with E-state index in [1.54, 1.807) is 7.11 Å². The number of benzene rings is 1. The van der Waals surface area contributed by atoms with Crippen LogP contribution in [0.15, 0.2) is 24.3 Å². The summed E-state index contributed by atoms with van der Waals surface area (Å²) in [6, 6.07) is 8.80. The average Bonchev–Trinajstić information content (AvgIpc) is 2.67. The smallest absolute Gasteiger partial charge is 0.300 e. The maximum Gasteiger partial charge on any atom is 0.300 e. The summed E-state index contributed by atoms with van der Waals surface area (Å²) in [6.45, 7) is 2.21. The van der Waals surface area contributed by atoms with Gasteiger partial charge < -0.3 is 15.2 Å². The lowest BCUT2D eigenvalue weighted by Gasteiger charge is -2.18. The van der Waals surface area contributed by atoms with Crippen LogP contribution < -0.4 is 10.1 Å². The van der Waals surface area contributed by atoms with Crippen LogP contribution in [-0.2, 0) is 4.79 Å². The van der Waals surface area contributed by atoms with Gasteiger partial charge in [0.25, 0.3) is 5.97 Å². The van der Waals surface area contributed by atoms with Crippen LogP contribution >= 0.6 is 0 Å². The largest absolute Gasteiger partial charge is 0.496 e. The van der Waals surface area contributed by atoms with Gasteiger partial charge in [-0.2, -0.15) is 0 Å². The fraction of sp³-hybridized carbons (Fsp3) is 0.533. The van der Waals surface area contributed by atoms with Gasteiger partial charge >= 0.3 is 0 Å². The molecule has 106 valence electrons. The lowest BCUT2D eigenvalue weighted by atomic mass is 10.0. The van der Waals surface area contributed by atoms with Crippen LogP contribution in [-0.4, -0.2) is 24.7 Å². The molecule has 0 saturated carbocycles. The SMILES string of the molecule is CC(=O)O.COc1ccccc1C1CCCCCN1. The molecule has 1 atom stereocenters. The van der Waals surface area contributed by atoms with Crippen LogP contribution in [0.5, 0.6) is 5.75 Å². The maximum atomic E-state index is 9.00. The van der Waals surface area contributed by atoms with Crippen molar-refractivity contribution in [3.8, 4) is 5.75 Å². The molecular formula is C15H23NO3. The first-order chi connectivity index (χ1) is 9.15. The van der Waals surface area contributed by atoms with Gasteiger partial charge in [-0.05, 0) is 25.5 Å². The normalized spacial score (nSPS) is 18.7. The Morgan fingerprint density at radius 3 is 2.68 bits per heavy atom. The highest BCUT2D eigenvalue weighted by Crippen LogP contribution is 2.29. The summed E-state index contributed by atoms with van der Waals surface area (Å²) in [6.07, 6.45) is 5.18. The molecule has 19 heavy (non-hydrogen) atoms. The van der Waals surface area contributed by atoms with Gasteiger partial charge in [-0.25, -0.2) is 0 Å². The predicted octanol–water partition coefficient (Wildman–Crippen LogP) is 2.99. The van der Waals surface area contributed by atoms with Gasteiger partial charge in [-0.15, -0.1) is 0 Å². The number of para-hydroxylation sites is 1. The second-order valence-electron chi connectivity index (χ2n) is 4.62. The number of methoxy groups -OCH3 is 1. The van der Waals surface area contributed by atoms with Gasteiger partial charge in [-0.1, -0.05) is 31.0 Å². The van der Waals surface area contributed by atoms with Gasteiger partial charge in [0, 0.05) is 18.5 Å². The molecule has 0 aromatic heterocycles. The Labute approximate surface area is 114 Å². The molecule has 1 aromatic carbocycles. The fourth-order valence-electron chi connectivity index (χ4n) is 2.25. The first-order valence-corrected chi connectivity index (χ1v) is 6.71. The molecule has 1 unspecified atom stereocenters. The summed E-state index contributed by atoms with van der Waals surface area (Å²) >= 11 is 0. The Balaban J connectivity index is 0.000000399. The third-order valence-electron chi connectivity index (χ3n) is 3.07. The van der Waals surface area contributed by atoms with Gasteiger partial charge in [-0.3, -0.25) is 4.79 Å². The van der Waals surface area contributed by atoms with Crippen molar-refractivity contribution < 1.29 is 14.6 Å². The van der Waals surface area contributed by atoms with E-state index in [4.69, 9.17) is 14.6 Å². The van der Waals surface area contributed by atoms with E-state index in [1.165, 1.54) is 31.2 Å². The molecule has 1 aliphatic heterocycles. The quantitative estimate of drug-likeness (QED) is 0.863. The number of rotatable bonds is 2. The van der Waals surface area contributed by atoms with E-state index in [2.05, 4.69) is 17.4 Å². The standard InChI is InChI=1S/C13H19NO.C2H4O2/c1-15-13-9-5-4-7-11(13)12-8-3-2-6-10-14-12;1-2(3)4/h4-5,7,9,12,14H,2-3,6,8,10H2,1H3;1H3,(H,3,4). The zero-order valence-corrected chi connectivity index (χ0v) is 11.7. The zero-order valence-electron chi connectivity index (χ0n) is 11.7. The van der Waals surface area contributed by atoms with E-state index in [0.717, 1.165) is 19.2 Å². The minimum absolute atomic E-state index is 0.476. The van der Waals surface area contributed by atoms with Crippen molar-refractivity contribution in [1.29, 1.82) is 0 Å². The molecule has 0 aliphatic carbocycles. The van der Waals surface area contributed by atoms with Crippen molar-refractivity contribution in [3.05, 3.63) is 29.8 Å². The summed E-state index contributed by atoms with van der Waals surface area (Å²) < 4.78 is 5.40. The molecule has 4 nitrogen and oxygen atoms in total. The Hall–Kier alpha value is -1.55. The van der Waals surface area contributed by atoms with Crippen LogP contribution in [0.25, 0.3) is 0 Å². The molecule has 4 heteroatoms. The minimum Gasteiger partial charge on any atom is -0.496 e. The van der Waals surface area contributed by atoms with Crippen molar-refractivity contribution in [3.63, 3.8) is 0 Å². The highest BCUT2D eigenvalue weighted by Gasteiger charge is 2.16. The molecular weight excluding hydrogens is 242 g/mol. The number of nitrogens with one attached hydrogen (secondary N) is 1. The Morgan fingerprint density at radius 1 is 1.32 bits per heavy atom. The van der Waals surface area contributed by atoms with Crippen LogP contribution in [0.4, 0.5) is 0 Å². The number of hydrogen-bond acceptors (Lipinski definition) is 3. The molecule has 1 fully saturated rings. The van der Waals surface area contributed by atoms with Crippen molar-refractivity contribution in [2.75, 3.05) is 13.7 Å². The average molecular weight is 265 g/mol. The predicted molar refractivity (Wildman–Crippen MR) is 75.5 cm³/mol. The van der Waals surface area contributed by atoms with Crippen LogP contribution in [0.1, 0.15) is 44.2 Å². The van der Waals surface area contributed by atoms with Crippen molar-refractivity contribution in [2.24, 2.45) is 0 Å². The van der Waals surface area contributed by atoms with Crippen molar-refractivity contribution >= 4 is 5.97 Å². The topological polar surface area (TPSA) is 58.6 Å². The number of carboxylic acid groups (broad SMARTS) is 1. The molecule has 0 bridgehead atoms. The number of ether oxygens (including phenoxy) is 1. The molecule has 2 N–H and O–H groups in total. The third-order valence-corrected chi connectivity index (χ3v) is 3.07. The van der Waals surface area contributed by atoms with Gasteiger partial charge in [0.2, 0.25) is 0 Å². The minimum atomic E-state index is -0.833. The lowest BCUT2D eigenvalue weighted by molar-refractivity contribution is -0.134. The van der Waals surface area contributed by atoms with Gasteiger partial charge in [0.1, 0.15) is 5.75 Å². The number of hydrogen-bond donors (Lipinski definition) is 2. The Kier molecular flexibility index (Phi) is 6.97. The first kappa shape index (κ1) is 15.5. The van der Waals surface area contributed by atoms with E-state index in [0.29, 0.717) is 6.04 Å². The molecule has 0 amide bonds. The van der Waals surface area contributed by atoms with E-state index in [1.807, 2.05) is 12.1 Å². The Bertz CT molecular complexity index is 381. The molecule has 0 radical (unpaired) electrons. The summed E-state index contributed by atoms with van der Waals surface area (Å²) in [5.41, 5.74) is 1.31. The summed E-state index contributed by atoms with van der Waals surface area (Å²) in [5.74, 6) is 0.178. The summed E-state index contributed by atoms with van der Waals surface area (Å²) in [7, 11) is 1.75. The van der Waals surface area contributed by atoms with Crippen LogP contribution in [0.3, 0.4) is 0 Å². The van der Waals surface area contributed by atoms with E-state index >= 15 is 0 Å². The maximum absolute atomic E-state index is 9.00. The van der Waals surface area contributed by atoms with E-state index < -0.39 is 5.97 Å². The first-order valence-electron chi connectivity index (χ1n) is 6.71. The molecule has 1 aromatic rings. The van der Waals surface area contributed by atoms with Crippen LogP contribution in [0.2, 0.25) is 0 Å². The molecule has 2 rings (SSSR count). The summed E-state index contributed by atoms with van der Waals surface area (Å²) in [4.78, 5) is 9.00. The fourth-order valence-corrected chi connectivity index (χ4v) is 2.25. The Morgan fingerprint density at radius 2 is 2.00 bits per heavy atom. The van der Waals surface area contributed by atoms with Gasteiger partial charge in [0.15, 0.2) is 0 Å². The highest BCUT2D eigenvalue weighted by molar-refractivity contribution is 5.62. The third kappa shape index (κ3) is 5.75. The monoisotopic (exact) mass is 265 g/mol. The second kappa shape index (κ2) is 8.53. The van der Waals surface area contributed by atoms with Crippen molar-refractivity contribution in [2.45, 2.75) is 38.6 Å². The molecule has 1 aliphatic rings. The van der Waals surface area contributed by atoms with Crippen molar-refractivity contribution in [1.82, 2.24) is 5.32 Å². The summed E-state index contributed by atoms with van der Waals surface area (Å²) in [5, 5.41) is 11.0. The molecule has 0 spiro atoms. The van der Waals surface area contributed by atoms with Crippen LogP contribution in [0, 0.1) is 0 Å². The van der Waals surface area contributed by atoms with E-state index in [9.17, 15) is 0 Å². The van der Waals surface area contributed by atoms with E-state index in [-0.39, 0.29) is 0 Å². The number of carboxylic acids is 1. The number of aliphatic carboxylic acids is 1. The lowest BCUT2D eigenvalue weighted by Crippen LogP contribution is -2.20. The zero-order chi connectivity index (χ0) is 14.1. The van der Waals surface area contributed by atoms with Gasteiger partial charge in [0.05, 0.1) is 7.11 Å². The molecule has 1 saturated heterocycles. The number of carbonyl (C=O) groups is 1. The highest BCUT2D eigenvalue weighted by atomic mass is 16.5. The second-order valence-corrected chi connectivity index (χ2v) is 4.62.